The van der Waals surface area contributed by atoms with Gasteiger partial charge in [-0.3, -0.25) is 10.2 Å². The van der Waals surface area contributed by atoms with Crippen LogP contribution in [0.4, 0.5) is 0 Å². The summed E-state index contributed by atoms with van der Waals surface area (Å²) in [5.41, 5.74) is 0. The van der Waals surface area contributed by atoms with Crippen molar-refractivity contribution >= 4 is 11.6 Å². The molecular formula is C21H36ClN3O4. The van der Waals surface area contributed by atoms with Gasteiger partial charge in [-0.1, -0.05) is 6.92 Å². The third-order valence-electron chi connectivity index (χ3n) is 8.40. The zero-order valence-electron chi connectivity index (χ0n) is 17.4. The molecule has 8 heteroatoms. The largest absolute Gasteiger partial charge is 0.387 e. The Labute approximate surface area is 178 Å². The maximum absolute atomic E-state index is 11.0. The van der Waals surface area contributed by atoms with Crippen molar-refractivity contribution in [2.24, 2.45) is 23.7 Å². The van der Waals surface area contributed by atoms with Gasteiger partial charge < -0.3 is 25.0 Å². The molecule has 0 bridgehead atoms. The van der Waals surface area contributed by atoms with Crippen molar-refractivity contribution in [2.45, 2.75) is 87.8 Å². The molecule has 12 atom stereocenters. The highest BCUT2D eigenvalue weighted by Crippen LogP contribution is 2.46. The smallest absolute Gasteiger partial charge is 0.141 e. The fourth-order valence-electron chi connectivity index (χ4n) is 6.64. The molecule has 1 saturated carbocycles. The first-order chi connectivity index (χ1) is 14.0. The highest BCUT2D eigenvalue weighted by Gasteiger charge is 2.56. The molecule has 4 saturated heterocycles. The number of rotatable bonds is 2. The zero-order chi connectivity index (χ0) is 20.3. The summed E-state index contributed by atoms with van der Waals surface area (Å²) < 4.78 is 12.6. The van der Waals surface area contributed by atoms with Gasteiger partial charge in [-0.05, 0) is 50.4 Å². The third-order valence-corrected chi connectivity index (χ3v) is 9.01. The molecule has 7 unspecified atom stereocenters. The summed E-state index contributed by atoms with van der Waals surface area (Å²) in [6, 6.07) is 0.431. The van der Waals surface area contributed by atoms with E-state index in [1.54, 1.807) is 0 Å². The minimum absolute atomic E-state index is 0.170. The summed E-state index contributed by atoms with van der Waals surface area (Å²) in [5, 5.41) is 29.1. The Balaban J connectivity index is 1.32. The number of aliphatic hydroxyl groups excluding tert-OH is 2. The van der Waals surface area contributed by atoms with Crippen molar-refractivity contribution in [2.75, 3.05) is 19.8 Å². The van der Waals surface area contributed by atoms with E-state index < -0.39 is 24.5 Å². The first-order valence-corrected chi connectivity index (χ1v) is 11.9. The van der Waals surface area contributed by atoms with Crippen molar-refractivity contribution in [1.82, 2.24) is 15.5 Å². The molecule has 5 fully saturated rings. The molecule has 4 heterocycles. The molecule has 4 aliphatic heterocycles. The number of fused-ring (bicyclic) bond motifs is 2. The lowest BCUT2D eigenvalue weighted by Gasteiger charge is -2.47. The summed E-state index contributed by atoms with van der Waals surface area (Å²) in [6.07, 6.45) is 1.26. The molecule has 0 amide bonds. The molecule has 5 aliphatic rings. The maximum atomic E-state index is 11.0. The molecule has 29 heavy (non-hydrogen) atoms. The lowest BCUT2D eigenvalue weighted by Crippen LogP contribution is -2.61. The predicted molar refractivity (Wildman–Crippen MR) is 109 cm³/mol. The Morgan fingerprint density at radius 3 is 2.66 bits per heavy atom. The van der Waals surface area contributed by atoms with E-state index in [1.807, 2.05) is 0 Å². The summed E-state index contributed by atoms with van der Waals surface area (Å²) in [5.74, 6) is 1.76. The second-order valence-electron chi connectivity index (χ2n) is 9.99. The average molecular weight is 430 g/mol. The van der Waals surface area contributed by atoms with Gasteiger partial charge in [-0.2, -0.15) is 0 Å². The van der Waals surface area contributed by atoms with Gasteiger partial charge in [0.25, 0.3) is 0 Å². The number of ether oxygens (including phenoxy) is 2. The topological polar surface area (TPSA) is 86.2 Å². The van der Waals surface area contributed by atoms with Crippen molar-refractivity contribution < 1.29 is 19.7 Å². The van der Waals surface area contributed by atoms with Crippen LogP contribution < -0.4 is 10.6 Å². The normalized spacial score (nSPS) is 56.2. The first kappa shape index (κ1) is 20.9. The number of hydrogen-bond acceptors (Lipinski definition) is 7. The van der Waals surface area contributed by atoms with Crippen molar-refractivity contribution in [3.63, 3.8) is 0 Å². The van der Waals surface area contributed by atoms with Crippen molar-refractivity contribution in [1.29, 1.82) is 0 Å². The molecular weight excluding hydrogens is 394 g/mol. The van der Waals surface area contributed by atoms with Crippen LogP contribution in [0.3, 0.4) is 0 Å². The number of alkyl halides is 1. The van der Waals surface area contributed by atoms with Gasteiger partial charge in [0.1, 0.15) is 24.5 Å². The van der Waals surface area contributed by atoms with Crippen LogP contribution in [0.1, 0.15) is 39.5 Å². The molecule has 7 nitrogen and oxygen atoms in total. The van der Waals surface area contributed by atoms with Gasteiger partial charge in [-0.15, -0.1) is 11.6 Å². The monoisotopic (exact) mass is 429 g/mol. The number of halogens is 1. The standard InChI is InChI=1S/C21H36ClN3O4/c1-10-7-14-12(8-15(10)22)4-6-28-18(14)19-16(26)17(27)21(29-19)25-5-3-13-11(2)23-9-24-20(13)25/h10-21,23-24,26-27H,3-9H2,1-2H3/t10?,11?,12?,13?,14?,15?,16-,17+,18+,19-,20?,21+/m0/s1. The van der Waals surface area contributed by atoms with E-state index in [2.05, 4.69) is 29.4 Å². The summed E-state index contributed by atoms with van der Waals surface area (Å²) in [6.45, 7) is 6.71. The van der Waals surface area contributed by atoms with Gasteiger partial charge >= 0.3 is 0 Å². The van der Waals surface area contributed by atoms with Crippen LogP contribution in [0.2, 0.25) is 0 Å². The van der Waals surface area contributed by atoms with Crippen molar-refractivity contribution in [3.8, 4) is 0 Å². The Kier molecular flexibility index (Phi) is 5.88. The van der Waals surface area contributed by atoms with Gasteiger partial charge in [0.2, 0.25) is 0 Å². The molecule has 5 rings (SSSR count). The maximum Gasteiger partial charge on any atom is 0.141 e. The minimum Gasteiger partial charge on any atom is -0.387 e. The molecule has 0 aromatic rings. The van der Waals surface area contributed by atoms with Crippen LogP contribution in [-0.2, 0) is 9.47 Å². The quantitative estimate of drug-likeness (QED) is 0.480. The highest BCUT2D eigenvalue weighted by atomic mass is 35.5. The molecule has 0 aromatic heterocycles. The Morgan fingerprint density at radius 2 is 1.83 bits per heavy atom. The number of nitrogens with one attached hydrogen (secondary N) is 2. The van der Waals surface area contributed by atoms with E-state index in [0.717, 1.165) is 38.9 Å². The van der Waals surface area contributed by atoms with Gasteiger partial charge in [0.05, 0.1) is 12.3 Å². The Bertz CT molecular complexity index is 600. The van der Waals surface area contributed by atoms with Gasteiger partial charge in [0, 0.05) is 37.2 Å². The highest BCUT2D eigenvalue weighted by molar-refractivity contribution is 6.20. The summed E-state index contributed by atoms with van der Waals surface area (Å²) >= 11 is 6.55. The van der Waals surface area contributed by atoms with Crippen LogP contribution in [0.15, 0.2) is 0 Å². The number of likely N-dealkylation sites (tertiary alicyclic amines) is 1. The van der Waals surface area contributed by atoms with E-state index in [9.17, 15) is 10.2 Å². The number of hydrogen-bond donors (Lipinski definition) is 4. The van der Waals surface area contributed by atoms with Crippen LogP contribution in [0, 0.1) is 23.7 Å². The van der Waals surface area contributed by atoms with Crippen molar-refractivity contribution in [3.05, 3.63) is 0 Å². The second-order valence-corrected chi connectivity index (χ2v) is 10.6. The van der Waals surface area contributed by atoms with Crippen LogP contribution in [0.5, 0.6) is 0 Å². The van der Waals surface area contributed by atoms with E-state index in [0.29, 0.717) is 36.3 Å². The first-order valence-electron chi connectivity index (χ1n) is 11.5. The molecule has 1 aliphatic carbocycles. The van der Waals surface area contributed by atoms with Crippen LogP contribution >= 0.6 is 11.6 Å². The molecule has 0 spiro atoms. The minimum atomic E-state index is -0.925. The molecule has 166 valence electrons. The van der Waals surface area contributed by atoms with Crippen LogP contribution in [-0.4, -0.2) is 83.2 Å². The van der Waals surface area contributed by atoms with E-state index in [1.165, 1.54) is 0 Å². The fourth-order valence-corrected chi connectivity index (χ4v) is 6.97. The fraction of sp³-hybridized carbons (Fsp3) is 1.00. The Hall–Kier alpha value is 0.01000. The van der Waals surface area contributed by atoms with Crippen LogP contribution in [0.25, 0.3) is 0 Å². The van der Waals surface area contributed by atoms with E-state index in [-0.39, 0.29) is 17.6 Å². The van der Waals surface area contributed by atoms with E-state index in [4.69, 9.17) is 21.1 Å². The number of aliphatic hydroxyl groups is 2. The Morgan fingerprint density at radius 1 is 1.00 bits per heavy atom. The molecule has 4 N–H and O–H groups in total. The third kappa shape index (κ3) is 3.55. The SMILES string of the molecule is CC1CC2C(CCO[C@H]2[C@H]2O[C@@H](N3CCC4C(C)NCNC43)[C@H](O)[C@@H]2O)CC1Cl. The van der Waals surface area contributed by atoms with Gasteiger partial charge in [-0.25, -0.2) is 0 Å². The average Bonchev–Trinajstić information content (AvgIpc) is 3.25. The van der Waals surface area contributed by atoms with E-state index >= 15 is 0 Å². The molecule has 0 aromatic carbocycles. The van der Waals surface area contributed by atoms with Gasteiger partial charge in [0.15, 0.2) is 0 Å². The molecule has 0 radical (unpaired) electrons. The lowest BCUT2D eigenvalue weighted by molar-refractivity contribution is -0.177. The lowest BCUT2D eigenvalue weighted by atomic mass is 9.68. The number of nitrogens with zero attached hydrogens (tertiary/aromatic N) is 1. The summed E-state index contributed by atoms with van der Waals surface area (Å²) in [4.78, 5) is 2.22. The predicted octanol–water partition coefficient (Wildman–Crippen LogP) is 0.679. The summed E-state index contributed by atoms with van der Waals surface area (Å²) in [7, 11) is 0. The zero-order valence-corrected chi connectivity index (χ0v) is 18.2. The second kappa shape index (κ2) is 8.17.